The van der Waals surface area contributed by atoms with E-state index >= 15 is 0 Å². The van der Waals surface area contributed by atoms with E-state index in [2.05, 4.69) is 24.8 Å². The van der Waals surface area contributed by atoms with Crippen LogP contribution in [0.1, 0.15) is 62.0 Å². The number of hydrogen-bond donors (Lipinski definition) is 2. The summed E-state index contributed by atoms with van der Waals surface area (Å²) in [6, 6.07) is 8.38. The number of rotatable bonds is 9. The average molecular weight is 574 g/mol. The van der Waals surface area contributed by atoms with E-state index in [1.54, 1.807) is 18.2 Å². The van der Waals surface area contributed by atoms with E-state index < -0.39 is 12.6 Å². The maximum atomic E-state index is 12.8. The number of anilines is 3. The van der Waals surface area contributed by atoms with Gasteiger partial charge in [0, 0.05) is 55.6 Å². The highest BCUT2D eigenvalue weighted by molar-refractivity contribution is 6.10. The van der Waals surface area contributed by atoms with Crippen LogP contribution in [0.15, 0.2) is 30.3 Å². The largest absolute Gasteiger partial charge is 0.464 e. The predicted octanol–water partition coefficient (Wildman–Crippen LogP) is 5.71. The fraction of sp³-hybridized carbons (Fsp3) is 0.567. The third-order valence-corrected chi connectivity index (χ3v) is 7.87. The van der Waals surface area contributed by atoms with Crippen LogP contribution >= 0.6 is 0 Å². The van der Waals surface area contributed by atoms with Gasteiger partial charge >= 0.3 is 12.6 Å². The minimum absolute atomic E-state index is 0.000139. The molecule has 1 aromatic carbocycles. The van der Waals surface area contributed by atoms with E-state index in [1.807, 2.05) is 13.8 Å². The Morgan fingerprint density at radius 1 is 1.10 bits per heavy atom. The first-order chi connectivity index (χ1) is 19.9. The van der Waals surface area contributed by atoms with Gasteiger partial charge in [0.2, 0.25) is 0 Å². The van der Waals surface area contributed by atoms with Crippen LogP contribution in [-0.4, -0.2) is 80.7 Å². The average Bonchev–Trinajstić information content (AvgIpc) is 2.97. The van der Waals surface area contributed by atoms with Crippen LogP contribution in [0.5, 0.6) is 5.75 Å². The highest BCUT2D eigenvalue weighted by Crippen LogP contribution is 2.39. The highest BCUT2D eigenvalue weighted by Gasteiger charge is 2.33. The highest BCUT2D eigenvalue weighted by atomic mass is 19.3. The van der Waals surface area contributed by atoms with Crippen LogP contribution in [0, 0.1) is 11.3 Å². The summed E-state index contributed by atoms with van der Waals surface area (Å²) in [5.74, 6) is -0.150. The molecule has 5 rings (SSSR count). The van der Waals surface area contributed by atoms with Crippen molar-refractivity contribution in [3.8, 4) is 5.75 Å². The van der Waals surface area contributed by atoms with E-state index in [9.17, 15) is 13.6 Å². The first-order valence-corrected chi connectivity index (χ1v) is 14.5. The van der Waals surface area contributed by atoms with Gasteiger partial charge in [-0.3, -0.25) is 4.90 Å². The molecule has 224 valence electrons. The van der Waals surface area contributed by atoms with Crippen molar-refractivity contribution in [3.63, 3.8) is 0 Å². The first-order valence-electron chi connectivity index (χ1n) is 14.5. The van der Waals surface area contributed by atoms with E-state index in [-0.39, 0.29) is 17.4 Å². The van der Waals surface area contributed by atoms with Crippen molar-refractivity contribution in [3.05, 3.63) is 41.6 Å². The molecule has 9 nitrogen and oxygen atoms in total. The fourth-order valence-corrected chi connectivity index (χ4v) is 5.55. The lowest BCUT2D eigenvalue weighted by Crippen LogP contribution is -2.49. The Hall–Kier alpha value is -3.31. The molecule has 0 radical (unpaired) electrons. The molecule has 1 saturated carbocycles. The predicted molar refractivity (Wildman–Crippen MR) is 155 cm³/mol. The molecule has 41 heavy (non-hydrogen) atoms. The molecule has 11 heteroatoms. The number of aromatic nitrogens is 1. The zero-order valence-corrected chi connectivity index (χ0v) is 24.1. The van der Waals surface area contributed by atoms with Crippen molar-refractivity contribution in [1.29, 1.82) is 5.41 Å². The van der Waals surface area contributed by atoms with Crippen LogP contribution in [-0.2, 0) is 9.47 Å². The molecule has 0 bridgehead atoms. The molecule has 2 aromatic rings. The second-order valence-electron chi connectivity index (χ2n) is 10.2. The lowest BCUT2D eigenvalue weighted by molar-refractivity contribution is -0.0498. The van der Waals surface area contributed by atoms with Gasteiger partial charge in [-0.2, -0.15) is 8.78 Å². The van der Waals surface area contributed by atoms with E-state index in [0.717, 1.165) is 77.2 Å². The number of esters is 1. The number of halogens is 2. The number of nitrogens with zero attached hydrogens (tertiary/aromatic N) is 3. The number of pyridine rings is 1. The lowest BCUT2D eigenvalue weighted by Gasteiger charge is -2.41. The van der Waals surface area contributed by atoms with Gasteiger partial charge in [-0.1, -0.05) is 26.3 Å². The molecule has 3 fully saturated rings. The molecule has 0 amide bonds. The van der Waals surface area contributed by atoms with Gasteiger partial charge in [0.25, 0.3) is 0 Å². The Balaban J connectivity index is 0.00000189. The third kappa shape index (κ3) is 7.51. The Bertz CT molecular complexity index is 1180. The molecular weight excluding hydrogens is 532 g/mol. The summed E-state index contributed by atoms with van der Waals surface area (Å²) in [5.41, 5.74) is 2.46. The van der Waals surface area contributed by atoms with Crippen molar-refractivity contribution in [2.24, 2.45) is 5.92 Å². The van der Waals surface area contributed by atoms with E-state index in [0.29, 0.717) is 28.8 Å². The summed E-state index contributed by atoms with van der Waals surface area (Å²) in [5, 5.41) is 12.3. The third-order valence-electron chi connectivity index (χ3n) is 7.87. The number of methoxy groups -OCH3 is 1. The van der Waals surface area contributed by atoms with Gasteiger partial charge in [0.15, 0.2) is 5.69 Å². The minimum atomic E-state index is -2.95. The minimum Gasteiger partial charge on any atom is -0.464 e. The molecule has 0 unspecified atom stereocenters. The summed E-state index contributed by atoms with van der Waals surface area (Å²) < 4.78 is 40.7. The molecule has 0 spiro atoms. The summed E-state index contributed by atoms with van der Waals surface area (Å²) in [6.45, 7) is 5.99. The van der Waals surface area contributed by atoms with Gasteiger partial charge in [-0.25, -0.2) is 9.78 Å². The van der Waals surface area contributed by atoms with Crippen molar-refractivity contribution in [1.82, 2.24) is 9.88 Å². The van der Waals surface area contributed by atoms with Gasteiger partial charge in [-0.05, 0) is 43.9 Å². The van der Waals surface area contributed by atoms with Gasteiger partial charge in [0.05, 0.1) is 31.6 Å². The number of alkyl halides is 2. The van der Waals surface area contributed by atoms with Crippen molar-refractivity contribution >= 4 is 28.9 Å². The summed E-state index contributed by atoms with van der Waals surface area (Å²) >= 11 is 0. The van der Waals surface area contributed by atoms with Gasteiger partial charge < -0.3 is 29.8 Å². The first kappa shape index (κ1) is 30.6. The second kappa shape index (κ2) is 14.5. The van der Waals surface area contributed by atoms with E-state index in [4.69, 9.17) is 14.9 Å². The molecule has 0 atom stereocenters. The van der Waals surface area contributed by atoms with Gasteiger partial charge in [0.1, 0.15) is 11.6 Å². The molecule has 1 aromatic heterocycles. The number of morpholine rings is 1. The molecule has 2 aliphatic heterocycles. The lowest BCUT2D eigenvalue weighted by atomic mass is 9.79. The maximum absolute atomic E-state index is 12.8. The van der Waals surface area contributed by atoms with Crippen LogP contribution in [0.4, 0.5) is 26.0 Å². The number of hydrogen-bond acceptors (Lipinski definition) is 9. The molecular formula is C30H41F2N5O4. The molecule has 3 aliphatic rings. The standard InChI is InChI=1S/C28H35F2N5O4.C2H6/c1-37-27(36)22-17-23(35-10-8-20(9-11-35)34-12-14-38-15-13-34)24(25(31)18-4-2-5-18)26(33-22)32-19-6-3-7-21(16-19)39-28(29)30;1-2/h3,6-7,16-18,20,28,31H,2,4-5,8-15H2,1H3,(H,32,33);1-2H3. The molecule has 2 N–H and O–H groups in total. The number of piperidine rings is 1. The fourth-order valence-electron chi connectivity index (χ4n) is 5.55. The number of carbonyl (C=O) groups is 1. The Morgan fingerprint density at radius 2 is 1.80 bits per heavy atom. The maximum Gasteiger partial charge on any atom is 0.387 e. The zero-order chi connectivity index (χ0) is 29.4. The number of benzene rings is 1. The Labute approximate surface area is 240 Å². The zero-order valence-electron chi connectivity index (χ0n) is 24.1. The number of carbonyl (C=O) groups excluding carboxylic acids is 1. The number of nitrogens with one attached hydrogen (secondary N) is 2. The quantitative estimate of drug-likeness (QED) is 0.291. The smallest absolute Gasteiger partial charge is 0.387 e. The molecule has 2 saturated heterocycles. The van der Waals surface area contributed by atoms with Crippen LogP contribution < -0.4 is 15.0 Å². The normalized spacial score (nSPS) is 18.2. The molecule has 3 heterocycles. The van der Waals surface area contributed by atoms with Crippen molar-refractivity contribution < 1.29 is 27.8 Å². The SMILES string of the molecule is CC.COC(=O)c1cc(N2CCC(N3CCOCC3)CC2)c(C(=N)C2CCC2)c(Nc2cccc(OC(F)F)c2)n1. The Kier molecular flexibility index (Phi) is 10.9. The molecule has 1 aliphatic carbocycles. The van der Waals surface area contributed by atoms with Crippen LogP contribution in [0.2, 0.25) is 0 Å². The van der Waals surface area contributed by atoms with Crippen molar-refractivity contribution in [2.45, 2.75) is 58.6 Å². The van der Waals surface area contributed by atoms with E-state index in [1.165, 1.54) is 19.2 Å². The summed E-state index contributed by atoms with van der Waals surface area (Å²) in [7, 11) is 1.31. The monoisotopic (exact) mass is 573 g/mol. The topological polar surface area (TPSA) is 100 Å². The van der Waals surface area contributed by atoms with Gasteiger partial charge in [-0.15, -0.1) is 0 Å². The van der Waals surface area contributed by atoms with Crippen LogP contribution in [0.25, 0.3) is 0 Å². The number of ether oxygens (including phenoxy) is 3. The Morgan fingerprint density at radius 3 is 2.41 bits per heavy atom. The van der Waals surface area contributed by atoms with Crippen LogP contribution in [0.3, 0.4) is 0 Å². The summed E-state index contributed by atoms with van der Waals surface area (Å²) in [6.07, 6.45) is 4.83. The van der Waals surface area contributed by atoms with Crippen molar-refractivity contribution in [2.75, 3.05) is 56.7 Å². The summed E-state index contributed by atoms with van der Waals surface area (Å²) in [4.78, 5) is 22.0. The second-order valence-corrected chi connectivity index (χ2v) is 10.2.